The van der Waals surface area contributed by atoms with Crippen LogP contribution in [0.15, 0.2) is 42.5 Å². The van der Waals surface area contributed by atoms with Crippen molar-refractivity contribution in [3.05, 3.63) is 63.7 Å². The van der Waals surface area contributed by atoms with Crippen LogP contribution in [0, 0.1) is 10.1 Å². The second-order valence-electron chi connectivity index (χ2n) is 4.67. The Hall–Kier alpha value is -3.42. The fourth-order valence-corrected chi connectivity index (χ4v) is 1.98. The van der Waals surface area contributed by atoms with Crippen LogP contribution in [0.4, 0.5) is 11.4 Å². The van der Waals surface area contributed by atoms with Gasteiger partial charge >= 0.3 is 11.7 Å². The van der Waals surface area contributed by atoms with Crippen LogP contribution in [0.3, 0.4) is 0 Å². The molecule has 0 atom stereocenters. The summed E-state index contributed by atoms with van der Waals surface area (Å²) in [5.41, 5.74) is 0.590. The van der Waals surface area contributed by atoms with Crippen LogP contribution < -0.4 is 10.1 Å². The highest BCUT2D eigenvalue weighted by Crippen LogP contribution is 2.27. The summed E-state index contributed by atoms with van der Waals surface area (Å²) in [6.45, 7) is 0. The molecule has 0 saturated heterocycles. The fourth-order valence-electron chi connectivity index (χ4n) is 1.98. The number of hydrogen-bond acceptors (Lipinski definition) is 6. The van der Waals surface area contributed by atoms with E-state index in [0.717, 1.165) is 6.07 Å². The van der Waals surface area contributed by atoms with Crippen LogP contribution in [0.2, 0.25) is 0 Å². The number of anilines is 1. The van der Waals surface area contributed by atoms with Crippen molar-refractivity contribution in [1.82, 2.24) is 0 Å². The van der Waals surface area contributed by atoms with E-state index in [1.54, 1.807) is 0 Å². The van der Waals surface area contributed by atoms with E-state index in [4.69, 9.17) is 4.74 Å². The van der Waals surface area contributed by atoms with Gasteiger partial charge in [-0.2, -0.15) is 0 Å². The van der Waals surface area contributed by atoms with Crippen LogP contribution in [0.25, 0.3) is 0 Å². The van der Waals surface area contributed by atoms with Crippen LogP contribution in [0.1, 0.15) is 20.7 Å². The summed E-state index contributed by atoms with van der Waals surface area (Å²) >= 11 is 0. The number of nitro groups is 1. The smallest absolute Gasteiger partial charge is 0.337 e. The monoisotopic (exact) mass is 330 g/mol. The molecule has 2 rings (SSSR count). The lowest BCUT2D eigenvalue weighted by Gasteiger charge is -2.07. The standard InChI is InChI=1S/C16H14N2O6/c1-23-14-8-5-11(9-13(14)18(21)22)15(19)17-12-6-3-10(4-7-12)16(20)24-2/h3-9H,1-2H3,(H,17,19). The summed E-state index contributed by atoms with van der Waals surface area (Å²) in [5, 5.41) is 13.6. The average Bonchev–Trinajstić information content (AvgIpc) is 2.60. The van der Waals surface area contributed by atoms with Gasteiger partial charge in [-0.1, -0.05) is 0 Å². The molecule has 8 heteroatoms. The predicted octanol–water partition coefficient (Wildman–Crippen LogP) is 2.64. The molecule has 0 aliphatic carbocycles. The number of carbonyl (C=O) groups excluding carboxylic acids is 2. The minimum atomic E-state index is -0.624. The Morgan fingerprint density at radius 2 is 1.67 bits per heavy atom. The number of nitrogens with one attached hydrogen (secondary N) is 1. The van der Waals surface area contributed by atoms with E-state index in [9.17, 15) is 19.7 Å². The highest BCUT2D eigenvalue weighted by Gasteiger charge is 2.18. The summed E-state index contributed by atoms with van der Waals surface area (Å²) in [6.07, 6.45) is 0. The first kappa shape index (κ1) is 16.9. The van der Waals surface area contributed by atoms with Crippen molar-refractivity contribution in [1.29, 1.82) is 0 Å². The lowest BCUT2D eigenvalue weighted by molar-refractivity contribution is -0.385. The van der Waals surface area contributed by atoms with E-state index in [0.29, 0.717) is 11.3 Å². The highest BCUT2D eigenvalue weighted by atomic mass is 16.6. The topological polar surface area (TPSA) is 108 Å². The molecule has 0 fully saturated rings. The van der Waals surface area contributed by atoms with Gasteiger partial charge < -0.3 is 14.8 Å². The molecule has 0 spiro atoms. The summed E-state index contributed by atoms with van der Waals surface area (Å²) in [6, 6.07) is 9.97. The quantitative estimate of drug-likeness (QED) is 0.513. The molecule has 24 heavy (non-hydrogen) atoms. The normalized spacial score (nSPS) is 9.92. The van der Waals surface area contributed by atoms with Gasteiger partial charge in [0.2, 0.25) is 0 Å². The van der Waals surface area contributed by atoms with Gasteiger partial charge in [-0.05, 0) is 36.4 Å². The first-order valence-corrected chi connectivity index (χ1v) is 6.78. The van der Waals surface area contributed by atoms with Crippen molar-refractivity contribution in [2.24, 2.45) is 0 Å². The summed E-state index contributed by atoms with van der Waals surface area (Å²) in [4.78, 5) is 33.9. The molecule has 0 unspecified atom stereocenters. The van der Waals surface area contributed by atoms with Crippen LogP contribution in [-0.2, 0) is 4.74 Å². The zero-order chi connectivity index (χ0) is 17.7. The van der Waals surface area contributed by atoms with Gasteiger partial charge in [0.15, 0.2) is 5.75 Å². The maximum atomic E-state index is 12.2. The Labute approximate surface area is 137 Å². The molecule has 2 aromatic carbocycles. The molecule has 1 N–H and O–H groups in total. The SMILES string of the molecule is COC(=O)c1ccc(NC(=O)c2ccc(OC)c([N+](=O)[O-])c2)cc1. The van der Waals surface area contributed by atoms with Gasteiger partial charge in [0.25, 0.3) is 5.91 Å². The molecular formula is C16H14N2O6. The van der Waals surface area contributed by atoms with Gasteiger partial charge in [0.05, 0.1) is 24.7 Å². The van der Waals surface area contributed by atoms with Crippen LogP contribution in [0.5, 0.6) is 5.75 Å². The molecule has 0 saturated carbocycles. The second-order valence-corrected chi connectivity index (χ2v) is 4.67. The van der Waals surface area contributed by atoms with Crippen molar-refractivity contribution in [2.45, 2.75) is 0 Å². The number of esters is 1. The number of benzene rings is 2. The third-order valence-electron chi connectivity index (χ3n) is 3.20. The van der Waals surface area contributed by atoms with Gasteiger partial charge in [-0.15, -0.1) is 0 Å². The molecule has 0 bridgehead atoms. The number of carbonyl (C=O) groups is 2. The fraction of sp³-hybridized carbons (Fsp3) is 0.125. The predicted molar refractivity (Wildman–Crippen MR) is 85.4 cm³/mol. The molecule has 2 aromatic rings. The van der Waals surface area contributed by atoms with Crippen molar-refractivity contribution >= 4 is 23.3 Å². The van der Waals surface area contributed by atoms with Crippen molar-refractivity contribution in [3.8, 4) is 5.75 Å². The zero-order valence-corrected chi connectivity index (χ0v) is 12.9. The third kappa shape index (κ3) is 3.67. The minimum Gasteiger partial charge on any atom is -0.490 e. The second kappa shape index (κ2) is 7.23. The van der Waals surface area contributed by atoms with Crippen molar-refractivity contribution < 1.29 is 24.0 Å². The molecule has 0 heterocycles. The highest BCUT2D eigenvalue weighted by molar-refractivity contribution is 6.05. The van der Waals surface area contributed by atoms with Crippen LogP contribution in [-0.4, -0.2) is 31.0 Å². The molecular weight excluding hydrogens is 316 g/mol. The van der Waals surface area contributed by atoms with Gasteiger partial charge in [0.1, 0.15) is 0 Å². The van der Waals surface area contributed by atoms with E-state index in [1.165, 1.54) is 50.6 Å². The zero-order valence-electron chi connectivity index (χ0n) is 12.9. The summed E-state index contributed by atoms with van der Waals surface area (Å²) < 4.78 is 9.47. The molecule has 0 aliphatic rings. The summed E-state index contributed by atoms with van der Waals surface area (Å²) in [7, 11) is 2.58. The van der Waals surface area contributed by atoms with Crippen LogP contribution >= 0.6 is 0 Å². The van der Waals surface area contributed by atoms with E-state index < -0.39 is 16.8 Å². The number of rotatable bonds is 5. The third-order valence-corrected chi connectivity index (χ3v) is 3.20. The number of ether oxygens (including phenoxy) is 2. The first-order valence-electron chi connectivity index (χ1n) is 6.78. The molecule has 0 aromatic heterocycles. The Bertz CT molecular complexity index is 786. The van der Waals surface area contributed by atoms with E-state index in [2.05, 4.69) is 10.1 Å². The average molecular weight is 330 g/mol. The lowest BCUT2D eigenvalue weighted by Crippen LogP contribution is -2.12. The Balaban J connectivity index is 2.19. The van der Waals surface area contributed by atoms with E-state index in [-0.39, 0.29) is 17.0 Å². The Morgan fingerprint density at radius 1 is 1.04 bits per heavy atom. The Morgan fingerprint density at radius 3 is 2.21 bits per heavy atom. The van der Waals surface area contributed by atoms with E-state index in [1.807, 2.05) is 0 Å². The van der Waals surface area contributed by atoms with Crippen molar-refractivity contribution in [2.75, 3.05) is 19.5 Å². The number of hydrogen-bond donors (Lipinski definition) is 1. The molecule has 8 nitrogen and oxygen atoms in total. The number of methoxy groups -OCH3 is 2. The first-order chi connectivity index (χ1) is 11.5. The van der Waals surface area contributed by atoms with Crippen molar-refractivity contribution in [3.63, 3.8) is 0 Å². The maximum absolute atomic E-state index is 12.2. The van der Waals surface area contributed by atoms with E-state index >= 15 is 0 Å². The largest absolute Gasteiger partial charge is 0.490 e. The maximum Gasteiger partial charge on any atom is 0.337 e. The van der Waals surface area contributed by atoms with Gasteiger partial charge in [-0.3, -0.25) is 14.9 Å². The van der Waals surface area contributed by atoms with Gasteiger partial charge in [-0.25, -0.2) is 4.79 Å². The lowest BCUT2D eigenvalue weighted by atomic mass is 10.1. The minimum absolute atomic E-state index is 0.0685. The Kier molecular flexibility index (Phi) is 5.10. The number of amides is 1. The number of nitrogens with zero attached hydrogens (tertiary/aromatic N) is 1. The number of nitro benzene ring substituents is 1. The summed E-state index contributed by atoms with van der Waals surface area (Å²) in [5.74, 6) is -0.941. The molecule has 0 aliphatic heterocycles. The molecule has 124 valence electrons. The van der Waals surface area contributed by atoms with Gasteiger partial charge in [0, 0.05) is 17.3 Å². The molecule has 0 radical (unpaired) electrons. The molecule has 1 amide bonds.